The Labute approximate surface area is 98.3 Å². The number of methoxy groups -OCH3 is 1. The number of likely N-dealkylation sites (N-methyl/N-ethyl adjacent to an activating group) is 1. The van der Waals surface area contributed by atoms with Gasteiger partial charge in [-0.05, 0) is 32.4 Å². The molecule has 94 valence electrons. The van der Waals surface area contributed by atoms with E-state index >= 15 is 0 Å². The molecular weight excluding hydrogens is 204 g/mol. The molecule has 4 heteroatoms. The molecule has 1 aliphatic heterocycles. The Bertz CT molecular complexity index is 221. The second kappa shape index (κ2) is 6.86. The maximum atomic E-state index is 11.4. The third kappa shape index (κ3) is 3.46. The summed E-state index contributed by atoms with van der Waals surface area (Å²) in [6.45, 7) is 7.37. The molecule has 0 aliphatic carbocycles. The van der Waals surface area contributed by atoms with Crippen LogP contribution in [0.5, 0.6) is 0 Å². The Kier molecular flexibility index (Phi) is 5.77. The number of esters is 1. The summed E-state index contributed by atoms with van der Waals surface area (Å²) in [5.41, 5.74) is 0. The molecule has 1 N–H and O–H groups in total. The van der Waals surface area contributed by atoms with Crippen LogP contribution in [-0.2, 0) is 9.53 Å². The Morgan fingerprint density at radius 3 is 2.88 bits per heavy atom. The van der Waals surface area contributed by atoms with Crippen LogP contribution in [-0.4, -0.2) is 49.7 Å². The van der Waals surface area contributed by atoms with Crippen molar-refractivity contribution in [1.82, 2.24) is 10.2 Å². The highest BCUT2D eigenvalue weighted by Gasteiger charge is 2.24. The standard InChI is InChI=1S/C12H24N2O2/c1-4-11(12(15)16-3)13-9-10-7-6-8-14(10)5-2/h10-11,13H,4-9H2,1-3H3. The second-order valence-corrected chi connectivity index (χ2v) is 4.32. The van der Waals surface area contributed by atoms with E-state index in [2.05, 4.69) is 17.1 Å². The first-order chi connectivity index (χ1) is 7.72. The van der Waals surface area contributed by atoms with Gasteiger partial charge in [-0.2, -0.15) is 0 Å². The van der Waals surface area contributed by atoms with E-state index in [0.29, 0.717) is 6.04 Å². The summed E-state index contributed by atoms with van der Waals surface area (Å²) in [6.07, 6.45) is 3.29. The van der Waals surface area contributed by atoms with Crippen LogP contribution in [0.3, 0.4) is 0 Å². The lowest BCUT2D eigenvalue weighted by Gasteiger charge is -2.25. The molecule has 0 saturated carbocycles. The van der Waals surface area contributed by atoms with Crippen LogP contribution in [0.25, 0.3) is 0 Å². The second-order valence-electron chi connectivity index (χ2n) is 4.32. The summed E-state index contributed by atoms with van der Waals surface area (Å²) in [7, 11) is 1.45. The van der Waals surface area contributed by atoms with Gasteiger partial charge in [0, 0.05) is 12.6 Å². The largest absolute Gasteiger partial charge is 0.468 e. The van der Waals surface area contributed by atoms with Crippen molar-refractivity contribution in [2.75, 3.05) is 26.7 Å². The fourth-order valence-corrected chi connectivity index (χ4v) is 2.36. The van der Waals surface area contributed by atoms with E-state index in [0.717, 1.165) is 19.5 Å². The fraction of sp³-hybridized carbons (Fsp3) is 0.917. The van der Waals surface area contributed by atoms with E-state index in [1.54, 1.807) is 0 Å². The predicted octanol–water partition coefficient (Wildman–Crippen LogP) is 1.01. The SMILES string of the molecule is CCC(NCC1CCCN1CC)C(=O)OC. The maximum absolute atomic E-state index is 11.4. The van der Waals surface area contributed by atoms with Crippen LogP contribution in [0.4, 0.5) is 0 Å². The molecule has 4 nitrogen and oxygen atoms in total. The minimum Gasteiger partial charge on any atom is -0.468 e. The van der Waals surface area contributed by atoms with Gasteiger partial charge in [-0.1, -0.05) is 13.8 Å². The molecule has 0 spiro atoms. The number of carbonyl (C=O) groups excluding carboxylic acids is 1. The Hall–Kier alpha value is -0.610. The molecule has 1 heterocycles. The summed E-state index contributed by atoms with van der Waals surface area (Å²) in [5.74, 6) is -0.149. The molecule has 0 aromatic heterocycles. The van der Waals surface area contributed by atoms with Crippen molar-refractivity contribution in [2.45, 2.75) is 45.2 Å². The van der Waals surface area contributed by atoms with Crippen LogP contribution < -0.4 is 5.32 Å². The van der Waals surface area contributed by atoms with Gasteiger partial charge < -0.3 is 10.1 Å². The normalized spacial score (nSPS) is 23.3. The molecule has 1 saturated heterocycles. The quantitative estimate of drug-likeness (QED) is 0.689. The van der Waals surface area contributed by atoms with Gasteiger partial charge in [-0.15, -0.1) is 0 Å². The van der Waals surface area contributed by atoms with Crippen molar-refractivity contribution in [2.24, 2.45) is 0 Å². The van der Waals surface area contributed by atoms with Gasteiger partial charge >= 0.3 is 5.97 Å². The molecule has 1 rings (SSSR count). The molecule has 0 aromatic carbocycles. The van der Waals surface area contributed by atoms with E-state index in [1.807, 2.05) is 6.92 Å². The Morgan fingerprint density at radius 1 is 1.56 bits per heavy atom. The molecule has 1 aliphatic rings. The number of ether oxygens (including phenoxy) is 1. The van der Waals surface area contributed by atoms with Crippen molar-refractivity contribution >= 4 is 5.97 Å². The van der Waals surface area contributed by atoms with Crippen molar-refractivity contribution in [3.63, 3.8) is 0 Å². The number of carbonyl (C=O) groups is 1. The number of rotatable bonds is 6. The molecule has 0 aromatic rings. The molecule has 0 radical (unpaired) electrons. The van der Waals surface area contributed by atoms with E-state index in [9.17, 15) is 4.79 Å². The van der Waals surface area contributed by atoms with Gasteiger partial charge in [0.05, 0.1) is 7.11 Å². The van der Waals surface area contributed by atoms with E-state index < -0.39 is 0 Å². The highest BCUT2D eigenvalue weighted by Crippen LogP contribution is 2.15. The highest BCUT2D eigenvalue weighted by atomic mass is 16.5. The zero-order valence-electron chi connectivity index (χ0n) is 10.7. The van der Waals surface area contributed by atoms with E-state index in [-0.39, 0.29) is 12.0 Å². The Balaban J connectivity index is 2.34. The maximum Gasteiger partial charge on any atom is 0.322 e. The lowest BCUT2D eigenvalue weighted by atomic mass is 10.2. The number of likely N-dealkylation sites (tertiary alicyclic amines) is 1. The molecular formula is C12H24N2O2. The summed E-state index contributed by atoms with van der Waals surface area (Å²) in [5, 5.41) is 3.31. The smallest absolute Gasteiger partial charge is 0.322 e. The average molecular weight is 228 g/mol. The van der Waals surface area contributed by atoms with Gasteiger partial charge in [-0.3, -0.25) is 9.69 Å². The zero-order valence-corrected chi connectivity index (χ0v) is 10.7. The van der Waals surface area contributed by atoms with E-state index in [4.69, 9.17) is 4.74 Å². The van der Waals surface area contributed by atoms with Crippen LogP contribution >= 0.6 is 0 Å². The number of nitrogens with zero attached hydrogens (tertiary/aromatic N) is 1. The first kappa shape index (κ1) is 13.5. The van der Waals surface area contributed by atoms with Crippen molar-refractivity contribution in [3.8, 4) is 0 Å². The lowest BCUT2D eigenvalue weighted by Crippen LogP contribution is -2.44. The number of hydrogen-bond acceptors (Lipinski definition) is 4. The molecule has 2 unspecified atom stereocenters. The summed E-state index contributed by atoms with van der Waals surface area (Å²) < 4.78 is 4.76. The van der Waals surface area contributed by atoms with Gasteiger partial charge in [0.25, 0.3) is 0 Å². The average Bonchev–Trinajstić information content (AvgIpc) is 2.76. The van der Waals surface area contributed by atoms with Gasteiger partial charge in [0.2, 0.25) is 0 Å². The van der Waals surface area contributed by atoms with Crippen LogP contribution in [0, 0.1) is 0 Å². The summed E-state index contributed by atoms with van der Waals surface area (Å²) >= 11 is 0. The predicted molar refractivity (Wildman–Crippen MR) is 64.4 cm³/mol. The third-order valence-electron chi connectivity index (χ3n) is 3.40. The molecule has 0 amide bonds. The van der Waals surface area contributed by atoms with Crippen LogP contribution in [0.2, 0.25) is 0 Å². The van der Waals surface area contributed by atoms with Crippen LogP contribution in [0.1, 0.15) is 33.1 Å². The summed E-state index contributed by atoms with van der Waals surface area (Å²) in [4.78, 5) is 13.9. The summed E-state index contributed by atoms with van der Waals surface area (Å²) in [6, 6.07) is 0.438. The van der Waals surface area contributed by atoms with Gasteiger partial charge in [-0.25, -0.2) is 0 Å². The fourth-order valence-electron chi connectivity index (χ4n) is 2.36. The minimum absolute atomic E-state index is 0.149. The molecule has 2 atom stereocenters. The highest BCUT2D eigenvalue weighted by molar-refractivity contribution is 5.75. The van der Waals surface area contributed by atoms with Crippen molar-refractivity contribution in [3.05, 3.63) is 0 Å². The molecule has 0 bridgehead atoms. The van der Waals surface area contributed by atoms with Gasteiger partial charge in [0.15, 0.2) is 0 Å². The lowest BCUT2D eigenvalue weighted by molar-refractivity contribution is -0.143. The van der Waals surface area contributed by atoms with Crippen molar-refractivity contribution < 1.29 is 9.53 Å². The molecule has 16 heavy (non-hydrogen) atoms. The first-order valence-electron chi connectivity index (χ1n) is 6.28. The van der Waals surface area contributed by atoms with E-state index in [1.165, 1.54) is 26.5 Å². The monoisotopic (exact) mass is 228 g/mol. The molecule has 1 fully saturated rings. The third-order valence-corrected chi connectivity index (χ3v) is 3.40. The topological polar surface area (TPSA) is 41.6 Å². The minimum atomic E-state index is -0.149. The number of hydrogen-bond donors (Lipinski definition) is 1. The Morgan fingerprint density at radius 2 is 2.31 bits per heavy atom. The van der Waals surface area contributed by atoms with Crippen molar-refractivity contribution in [1.29, 1.82) is 0 Å². The zero-order chi connectivity index (χ0) is 12.0. The number of nitrogens with one attached hydrogen (secondary N) is 1. The van der Waals surface area contributed by atoms with Gasteiger partial charge in [0.1, 0.15) is 6.04 Å². The first-order valence-corrected chi connectivity index (χ1v) is 6.28. The van der Waals surface area contributed by atoms with Crippen LogP contribution in [0.15, 0.2) is 0 Å².